The van der Waals surface area contributed by atoms with E-state index in [1.807, 2.05) is 23.0 Å². The van der Waals surface area contributed by atoms with Gasteiger partial charge in [-0.15, -0.1) is 11.8 Å². The number of fused-ring (bicyclic) bond motifs is 1. The normalized spacial score (nSPS) is 11.1. The van der Waals surface area contributed by atoms with Crippen LogP contribution in [0.15, 0.2) is 53.6 Å². The third-order valence-corrected chi connectivity index (χ3v) is 4.06. The molecule has 96 valence electrons. The van der Waals surface area contributed by atoms with Gasteiger partial charge in [0, 0.05) is 22.4 Å². The summed E-state index contributed by atoms with van der Waals surface area (Å²) in [5.41, 5.74) is 9.24. The summed E-state index contributed by atoms with van der Waals surface area (Å²) >= 11 is 1.72. The molecule has 0 bridgehead atoms. The molecule has 0 atom stereocenters. The fourth-order valence-electron chi connectivity index (χ4n) is 2.31. The second-order valence-electron chi connectivity index (χ2n) is 4.28. The number of nitrogens with two attached hydrogens (primary N) is 1. The molecule has 0 saturated heterocycles. The molecule has 1 heterocycles. The fraction of sp³-hybridized carbons (Fsp3) is 0.133. The van der Waals surface area contributed by atoms with Crippen LogP contribution in [-0.2, 0) is 6.54 Å². The van der Waals surface area contributed by atoms with Crippen molar-refractivity contribution in [2.24, 2.45) is 5.73 Å². The Kier molecular flexibility index (Phi) is 3.27. The maximum Gasteiger partial charge on any atom is 0.0741 e. The molecule has 0 fully saturated rings. The Morgan fingerprint density at radius 1 is 1.16 bits per heavy atom. The molecule has 0 aliphatic carbocycles. The molecule has 0 saturated carbocycles. The highest BCUT2D eigenvalue weighted by Crippen LogP contribution is 2.27. The first-order valence-corrected chi connectivity index (χ1v) is 7.36. The molecule has 0 amide bonds. The van der Waals surface area contributed by atoms with Crippen LogP contribution in [0.1, 0.15) is 5.56 Å². The lowest BCUT2D eigenvalue weighted by Crippen LogP contribution is -2.07. The Bertz CT molecular complexity index is 718. The topological polar surface area (TPSA) is 43.8 Å². The highest BCUT2D eigenvalue weighted by molar-refractivity contribution is 7.98. The zero-order valence-corrected chi connectivity index (χ0v) is 11.5. The molecular weight excluding hydrogens is 254 g/mol. The van der Waals surface area contributed by atoms with E-state index in [9.17, 15) is 0 Å². The van der Waals surface area contributed by atoms with Gasteiger partial charge >= 0.3 is 0 Å². The van der Waals surface area contributed by atoms with Gasteiger partial charge in [-0.05, 0) is 24.5 Å². The van der Waals surface area contributed by atoms with Crippen LogP contribution in [0.4, 0.5) is 0 Å². The Balaban J connectivity index is 2.27. The van der Waals surface area contributed by atoms with Gasteiger partial charge in [-0.1, -0.05) is 24.3 Å². The van der Waals surface area contributed by atoms with E-state index in [1.54, 1.807) is 11.8 Å². The molecule has 0 aliphatic heterocycles. The molecule has 0 unspecified atom stereocenters. The molecule has 3 aromatic rings. The van der Waals surface area contributed by atoms with Crippen molar-refractivity contribution in [2.45, 2.75) is 11.4 Å². The van der Waals surface area contributed by atoms with Crippen molar-refractivity contribution in [1.82, 2.24) is 9.78 Å². The van der Waals surface area contributed by atoms with Crippen molar-refractivity contribution in [2.75, 3.05) is 6.26 Å². The van der Waals surface area contributed by atoms with Crippen LogP contribution in [0.2, 0.25) is 0 Å². The van der Waals surface area contributed by atoms with E-state index in [-0.39, 0.29) is 0 Å². The average Bonchev–Trinajstić information content (AvgIpc) is 2.90. The van der Waals surface area contributed by atoms with E-state index in [2.05, 4.69) is 41.7 Å². The molecule has 19 heavy (non-hydrogen) atoms. The second kappa shape index (κ2) is 5.07. The summed E-state index contributed by atoms with van der Waals surface area (Å²) in [7, 11) is 0. The van der Waals surface area contributed by atoms with Gasteiger partial charge in [0.1, 0.15) is 0 Å². The Labute approximate surface area is 116 Å². The predicted molar refractivity (Wildman–Crippen MR) is 80.7 cm³/mol. The third-order valence-electron chi connectivity index (χ3n) is 3.24. The van der Waals surface area contributed by atoms with Crippen molar-refractivity contribution in [3.63, 3.8) is 0 Å². The van der Waals surface area contributed by atoms with Crippen LogP contribution in [-0.4, -0.2) is 16.0 Å². The Morgan fingerprint density at radius 3 is 2.79 bits per heavy atom. The van der Waals surface area contributed by atoms with Crippen LogP contribution in [0.25, 0.3) is 16.6 Å². The van der Waals surface area contributed by atoms with E-state index < -0.39 is 0 Å². The van der Waals surface area contributed by atoms with Gasteiger partial charge in [0.25, 0.3) is 0 Å². The maximum atomic E-state index is 5.92. The maximum absolute atomic E-state index is 5.92. The largest absolute Gasteiger partial charge is 0.326 e. The molecule has 0 spiro atoms. The average molecular weight is 269 g/mol. The first kappa shape index (κ1) is 12.3. The molecule has 1 aromatic heterocycles. The molecule has 0 aliphatic rings. The van der Waals surface area contributed by atoms with Crippen LogP contribution < -0.4 is 5.73 Å². The molecule has 0 radical (unpaired) electrons. The van der Waals surface area contributed by atoms with Gasteiger partial charge < -0.3 is 5.73 Å². The van der Waals surface area contributed by atoms with E-state index in [1.165, 1.54) is 4.90 Å². The van der Waals surface area contributed by atoms with E-state index in [0.29, 0.717) is 6.54 Å². The van der Waals surface area contributed by atoms with E-state index >= 15 is 0 Å². The Hall–Kier alpha value is -1.78. The SMILES string of the molecule is CSc1cccc(-n2ncc3ccccc32)c1CN. The molecule has 4 heteroatoms. The predicted octanol–water partition coefficient (Wildman–Crippen LogP) is 3.21. The first-order chi connectivity index (χ1) is 9.35. The lowest BCUT2D eigenvalue weighted by Gasteiger charge is -2.12. The molecule has 3 rings (SSSR count). The van der Waals surface area contributed by atoms with Crippen LogP contribution in [0, 0.1) is 0 Å². The minimum atomic E-state index is 0.514. The number of hydrogen-bond acceptors (Lipinski definition) is 3. The highest BCUT2D eigenvalue weighted by Gasteiger charge is 2.11. The van der Waals surface area contributed by atoms with Crippen molar-refractivity contribution in [3.05, 3.63) is 54.2 Å². The van der Waals surface area contributed by atoms with Crippen LogP contribution in [0.3, 0.4) is 0 Å². The zero-order valence-electron chi connectivity index (χ0n) is 10.7. The number of nitrogens with zero attached hydrogens (tertiary/aromatic N) is 2. The monoisotopic (exact) mass is 269 g/mol. The number of thioether (sulfide) groups is 1. The quantitative estimate of drug-likeness (QED) is 0.743. The summed E-state index contributed by atoms with van der Waals surface area (Å²) in [6.45, 7) is 0.514. The summed E-state index contributed by atoms with van der Waals surface area (Å²) in [6, 6.07) is 14.4. The molecule has 2 N–H and O–H groups in total. The smallest absolute Gasteiger partial charge is 0.0741 e. The fourth-order valence-corrected chi connectivity index (χ4v) is 2.96. The summed E-state index contributed by atoms with van der Waals surface area (Å²) in [4.78, 5) is 1.21. The van der Waals surface area contributed by atoms with Gasteiger partial charge in [-0.3, -0.25) is 0 Å². The molecule has 3 nitrogen and oxygen atoms in total. The summed E-state index contributed by atoms with van der Waals surface area (Å²) in [6.07, 6.45) is 3.96. The van der Waals surface area contributed by atoms with Gasteiger partial charge in [0.2, 0.25) is 0 Å². The standard InChI is InChI=1S/C15H15N3S/c1-19-15-8-4-7-14(12(15)9-16)18-13-6-3-2-5-11(13)10-17-18/h2-8,10H,9,16H2,1H3. The van der Waals surface area contributed by atoms with Crippen molar-refractivity contribution >= 4 is 22.7 Å². The number of aromatic nitrogens is 2. The minimum absolute atomic E-state index is 0.514. The Morgan fingerprint density at radius 2 is 2.00 bits per heavy atom. The zero-order chi connectivity index (χ0) is 13.2. The van der Waals surface area contributed by atoms with Crippen molar-refractivity contribution in [1.29, 1.82) is 0 Å². The van der Waals surface area contributed by atoms with Crippen molar-refractivity contribution < 1.29 is 0 Å². The van der Waals surface area contributed by atoms with Gasteiger partial charge in [0.05, 0.1) is 17.4 Å². The second-order valence-corrected chi connectivity index (χ2v) is 5.13. The number of rotatable bonds is 3. The summed E-state index contributed by atoms with van der Waals surface area (Å²) in [5, 5.41) is 5.64. The van der Waals surface area contributed by atoms with Crippen molar-refractivity contribution in [3.8, 4) is 5.69 Å². The first-order valence-electron chi connectivity index (χ1n) is 6.14. The number of hydrogen-bond donors (Lipinski definition) is 1. The summed E-state index contributed by atoms with van der Waals surface area (Å²) in [5.74, 6) is 0. The van der Waals surface area contributed by atoms with Gasteiger partial charge in [-0.25, -0.2) is 4.68 Å². The van der Waals surface area contributed by atoms with Gasteiger partial charge in [0.15, 0.2) is 0 Å². The highest BCUT2D eigenvalue weighted by atomic mass is 32.2. The summed E-state index contributed by atoms with van der Waals surface area (Å²) < 4.78 is 1.97. The van der Waals surface area contributed by atoms with E-state index in [0.717, 1.165) is 22.2 Å². The molecular formula is C15H15N3S. The van der Waals surface area contributed by atoms with E-state index in [4.69, 9.17) is 5.73 Å². The molecule has 2 aromatic carbocycles. The van der Waals surface area contributed by atoms with Gasteiger partial charge in [-0.2, -0.15) is 5.10 Å². The van der Waals surface area contributed by atoms with Crippen LogP contribution >= 0.6 is 11.8 Å². The lowest BCUT2D eigenvalue weighted by atomic mass is 10.1. The minimum Gasteiger partial charge on any atom is -0.326 e. The lowest BCUT2D eigenvalue weighted by molar-refractivity contribution is 0.873. The van der Waals surface area contributed by atoms with Crippen LogP contribution in [0.5, 0.6) is 0 Å². The number of benzene rings is 2. The number of para-hydroxylation sites is 1. The third kappa shape index (κ3) is 2.03.